The molecule has 0 spiro atoms. The molecule has 32 heavy (non-hydrogen) atoms. The van der Waals surface area contributed by atoms with Crippen LogP contribution in [0, 0.1) is 57.2 Å². The van der Waals surface area contributed by atoms with Crippen molar-refractivity contribution >= 4 is 6.29 Å². The maximum absolute atomic E-state index is 12.6. The van der Waals surface area contributed by atoms with Crippen LogP contribution in [0.15, 0.2) is 12.2 Å². The van der Waals surface area contributed by atoms with Crippen LogP contribution in [-0.4, -0.2) is 6.29 Å². The Morgan fingerprint density at radius 3 is 2.34 bits per heavy atom. The third kappa shape index (κ3) is 3.50. The number of carbonyl (C=O) groups excluding carboxylic acids is 1. The maximum Gasteiger partial charge on any atom is 0.126 e. The highest BCUT2D eigenvalue weighted by Crippen LogP contribution is 2.71. The molecule has 0 aromatic carbocycles. The molecule has 0 aromatic heterocycles. The normalized spacial score (nSPS) is 48.8. The van der Waals surface area contributed by atoms with Gasteiger partial charge in [0.05, 0.1) is 0 Å². The molecule has 9 unspecified atom stereocenters. The van der Waals surface area contributed by atoms with Crippen LogP contribution in [0.25, 0.3) is 0 Å². The average Bonchev–Trinajstić information content (AvgIpc) is 2.71. The van der Waals surface area contributed by atoms with Gasteiger partial charge in [0, 0.05) is 5.41 Å². The molecule has 0 saturated heterocycles. The Morgan fingerprint density at radius 2 is 1.75 bits per heavy atom. The van der Waals surface area contributed by atoms with Crippen molar-refractivity contribution in [2.75, 3.05) is 0 Å². The maximum atomic E-state index is 12.6. The van der Waals surface area contributed by atoms with Gasteiger partial charge in [-0.3, -0.25) is 0 Å². The van der Waals surface area contributed by atoms with Gasteiger partial charge in [0.1, 0.15) is 6.29 Å². The number of hydrogen-bond donors (Lipinski definition) is 0. The summed E-state index contributed by atoms with van der Waals surface area (Å²) in [5.74, 6) is 4.31. The van der Waals surface area contributed by atoms with Gasteiger partial charge in [-0.2, -0.15) is 0 Å². The van der Waals surface area contributed by atoms with Crippen LogP contribution >= 0.6 is 0 Å². The van der Waals surface area contributed by atoms with Crippen molar-refractivity contribution in [3.05, 3.63) is 12.2 Å². The van der Waals surface area contributed by atoms with Crippen molar-refractivity contribution in [3.63, 3.8) is 0 Å². The molecular weight excluding hydrogens is 388 g/mol. The van der Waals surface area contributed by atoms with Crippen LogP contribution in [0.3, 0.4) is 0 Å². The lowest BCUT2D eigenvalue weighted by molar-refractivity contribution is -0.194. The van der Waals surface area contributed by atoms with Crippen LogP contribution in [0.5, 0.6) is 0 Å². The molecule has 4 aliphatic carbocycles. The third-order valence-electron chi connectivity index (χ3n) is 11.9. The van der Waals surface area contributed by atoms with Gasteiger partial charge in [0.2, 0.25) is 0 Å². The van der Waals surface area contributed by atoms with E-state index >= 15 is 0 Å². The standard InChI is InChI=1S/C31H52O/c1-9-16-30(8)25(28(4,5)6)15-18-29(7)24-14-19-31(20-32)17-10-11-22(21(2)3)27(31)23(24)12-13-26(29)30/h20,22-27H,2,9-19H2,1,3-8H3. The van der Waals surface area contributed by atoms with Gasteiger partial charge in [-0.15, -0.1) is 0 Å². The van der Waals surface area contributed by atoms with E-state index < -0.39 is 0 Å². The molecule has 0 radical (unpaired) electrons. The van der Waals surface area contributed by atoms with E-state index in [0.29, 0.717) is 28.1 Å². The molecule has 0 heterocycles. The van der Waals surface area contributed by atoms with E-state index in [1.54, 1.807) is 0 Å². The van der Waals surface area contributed by atoms with E-state index in [1.165, 1.54) is 69.6 Å². The number of hydrogen-bond acceptors (Lipinski definition) is 1. The zero-order chi connectivity index (χ0) is 23.5. The summed E-state index contributed by atoms with van der Waals surface area (Å²) in [6.07, 6.45) is 15.7. The highest BCUT2D eigenvalue weighted by atomic mass is 16.1. The van der Waals surface area contributed by atoms with Gasteiger partial charge in [-0.05, 0) is 116 Å². The SMILES string of the molecule is C=C(C)C1CCCC2(C=O)CCC3C(CCC4C3(C)CCC(C(C)(C)C)C4(C)CCC)C12. The molecule has 4 fully saturated rings. The molecule has 0 bridgehead atoms. The quantitative estimate of drug-likeness (QED) is 0.315. The predicted molar refractivity (Wildman–Crippen MR) is 136 cm³/mol. The highest BCUT2D eigenvalue weighted by Gasteiger charge is 2.64. The summed E-state index contributed by atoms with van der Waals surface area (Å²) in [5, 5.41) is 0. The Morgan fingerprint density at radius 1 is 1.03 bits per heavy atom. The first kappa shape index (κ1) is 24.5. The lowest BCUT2D eigenvalue weighted by Gasteiger charge is -2.68. The fourth-order valence-electron chi connectivity index (χ4n) is 11.0. The molecular formula is C31H52O. The second-order valence-corrected chi connectivity index (χ2v) is 14.4. The van der Waals surface area contributed by atoms with Gasteiger partial charge in [-0.25, -0.2) is 0 Å². The van der Waals surface area contributed by atoms with Crippen molar-refractivity contribution in [1.82, 2.24) is 0 Å². The lowest BCUT2D eigenvalue weighted by atomic mass is 9.36. The average molecular weight is 441 g/mol. The zero-order valence-electron chi connectivity index (χ0n) is 22.4. The fourth-order valence-corrected chi connectivity index (χ4v) is 11.0. The van der Waals surface area contributed by atoms with Crippen LogP contribution < -0.4 is 0 Å². The van der Waals surface area contributed by atoms with Crippen molar-refractivity contribution < 1.29 is 4.79 Å². The Balaban J connectivity index is 1.73. The van der Waals surface area contributed by atoms with Crippen molar-refractivity contribution in [2.24, 2.45) is 57.2 Å². The summed E-state index contributed by atoms with van der Waals surface area (Å²) in [5.41, 5.74) is 2.57. The Hall–Kier alpha value is -0.590. The van der Waals surface area contributed by atoms with Gasteiger partial charge in [0.15, 0.2) is 0 Å². The molecule has 4 saturated carbocycles. The summed E-state index contributed by atoms with van der Waals surface area (Å²) < 4.78 is 0. The summed E-state index contributed by atoms with van der Waals surface area (Å²) >= 11 is 0. The van der Waals surface area contributed by atoms with E-state index in [2.05, 4.69) is 55.0 Å². The van der Waals surface area contributed by atoms with Crippen LogP contribution in [0.2, 0.25) is 0 Å². The molecule has 0 aromatic rings. The van der Waals surface area contributed by atoms with Crippen LogP contribution in [-0.2, 0) is 4.79 Å². The largest absolute Gasteiger partial charge is 0.303 e. The number of fused-ring (bicyclic) bond motifs is 5. The Bertz CT molecular complexity index is 729. The lowest BCUT2D eigenvalue weighted by Crippen LogP contribution is -2.62. The molecule has 0 amide bonds. The highest BCUT2D eigenvalue weighted by molar-refractivity contribution is 5.61. The molecule has 182 valence electrons. The first-order valence-corrected chi connectivity index (χ1v) is 14.1. The predicted octanol–water partition coefficient (Wildman–Crippen LogP) is 8.87. The topological polar surface area (TPSA) is 17.1 Å². The summed E-state index contributed by atoms with van der Waals surface area (Å²) in [4.78, 5) is 12.6. The van der Waals surface area contributed by atoms with E-state index in [0.717, 1.165) is 36.5 Å². The summed E-state index contributed by atoms with van der Waals surface area (Å²) in [7, 11) is 0. The van der Waals surface area contributed by atoms with Crippen molar-refractivity contribution in [2.45, 2.75) is 119 Å². The smallest absolute Gasteiger partial charge is 0.126 e. The zero-order valence-corrected chi connectivity index (χ0v) is 22.4. The minimum Gasteiger partial charge on any atom is -0.303 e. The minimum absolute atomic E-state index is 0.0540. The summed E-state index contributed by atoms with van der Waals surface area (Å²) in [6.45, 7) is 22.0. The van der Waals surface area contributed by atoms with E-state index in [-0.39, 0.29) is 5.41 Å². The minimum atomic E-state index is -0.0540. The number of allylic oxidation sites excluding steroid dienone is 1. The molecule has 1 nitrogen and oxygen atoms in total. The third-order valence-corrected chi connectivity index (χ3v) is 11.9. The molecule has 4 aliphatic rings. The van der Waals surface area contributed by atoms with Crippen molar-refractivity contribution in [3.8, 4) is 0 Å². The number of rotatable bonds is 4. The van der Waals surface area contributed by atoms with E-state index in [1.807, 2.05) is 0 Å². The van der Waals surface area contributed by atoms with E-state index in [4.69, 9.17) is 0 Å². The number of aldehydes is 1. The van der Waals surface area contributed by atoms with Crippen LogP contribution in [0.4, 0.5) is 0 Å². The first-order valence-electron chi connectivity index (χ1n) is 14.1. The summed E-state index contributed by atoms with van der Waals surface area (Å²) in [6, 6.07) is 0. The number of carbonyl (C=O) groups is 1. The molecule has 0 aliphatic heterocycles. The second kappa shape index (κ2) is 8.27. The van der Waals surface area contributed by atoms with Gasteiger partial charge >= 0.3 is 0 Å². The van der Waals surface area contributed by atoms with Gasteiger partial charge < -0.3 is 4.79 Å². The molecule has 4 rings (SSSR count). The second-order valence-electron chi connectivity index (χ2n) is 14.4. The Labute approximate surface area is 199 Å². The fraction of sp³-hybridized carbons (Fsp3) is 0.903. The molecule has 1 heteroatoms. The van der Waals surface area contributed by atoms with Crippen LogP contribution in [0.1, 0.15) is 119 Å². The Kier molecular flexibility index (Phi) is 6.34. The van der Waals surface area contributed by atoms with Gasteiger partial charge in [0.25, 0.3) is 0 Å². The van der Waals surface area contributed by atoms with E-state index in [9.17, 15) is 4.79 Å². The monoisotopic (exact) mass is 440 g/mol. The first-order chi connectivity index (χ1) is 14.9. The van der Waals surface area contributed by atoms with Crippen molar-refractivity contribution in [1.29, 1.82) is 0 Å². The molecule has 9 atom stereocenters. The molecule has 0 N–H and O–H groups in total. The van der Waals surface area contributed by atoms with Gasteiger partial charge in [-0.1, -0.05) is 66.5 Å².